The average molecular weight is 317 g/mol. The fourth-order valence-corrected chi connectivity index (χ4v) is 1.60. The maximum Gasteiger partial charge on any atom is 0.407 e. The number of nitrogens with one attached hydrogen (secondary N) is 1. The number of alkyl carbamates (subject to hydrolysis) is 1. The lowest BCUT2D eigenvalue weighted by atomic mass is 10.2. The van der Waals surface area contributed by atoms with Crippen LogP contribution in [0.4, 0.5) is 4.79 Å². The molecule has 1 rings (SSSR count). The van der Waals surface area contributed by atoms with Crippen LogP contribution in [-0.4, -0.2) is 31.8 Å². The molecule has 0 unspecified atom stereocenters. The monoisotopic (exact) mass is 316 g/mol. The third kappa shape index (κ3) is 8.16. The fourth-order valence-electron chi connectivity index (χ4n) is 1.60. The zero-order valence-corrected chi connectivity index (χ0v) is 12.8. The molecule has 118 valence electrons. The Hall–Kier alpha value is -1.79. The first-order chi connectivity index (χ1) is 9.63. The number of carbonyl (C=O) groups is 2. The Labute approximate surface area is 130 Å². The predicted molar refractivity (Wildman–Crippen MR) is 72.6 cm³/mol. The molecule has 6 nitrogen and oxygen atoms in total. The van der Waals surface area contributed by atoms with Crippen molar-refractivity contribution in [3.63, 3.8) is 0 Å². The van der Waals surface area contributed by atoms with Crippen molar-refractivity contribution < 1.29 is 37.2 Å². The number of quaternary nitrogens is 1. The summed E-state index contributed by atoms with van der Waals surface area (Å²) in [5, 5.41) is 2.62. The van der Waals surface area contributed by atoms with Crippen molar-refractivity contribution >= 4 is 12.1 Å². The van der Waals surface area contributed by atoms with Gasteiger partial charge in [0, 0.05) is 13.0 Å². The van der Waals surface area contributed by atoms with Gasteiger partial charge in [0.1, 0.15) is 6.61 Å². The van der Waals surface area contributed by atoms with Crippen LogP contribution in [-0.2, 0) is 20.9 Å². The van der Waals surface area contributed by atoms with Crippen molar-refractivity contribution in [2.45, 2.75) is 25.5 Å². The summed E-state index contributed by atoms with van der Waals surface area (Å²) < 4.78 is 9.61. The molecule has 0 aromatic heterocycles. The molecule has 0 aliphatic heterocycles. The third-order valence-electron chi connectivity index (χ3n) is 2.75. The third-order valence-corrected chi connectivity index (χ3v) is 2.75. The molecular formula is C14H21ClN2O4. The summed E-state index contributed by atoms with van der Waals surface area (Å²) >= 11 is 0. The lowest BCUT2D eigenvalue weighted by Gasteiger charge is -2.08. The van der Waals surface area contributed by atoms with Crippen LogP contribution in [0.25, 0.3) is 0 Å². The van der Waals surface area contributed by atoms with E-state index < -0.39 is 12.1 Å². The van der Waals surface area contributed by atoms with E-state index in [1.54, 1.807) is 0 Å². The van der Waals surface area contributed by atoms with E-state index in [0.717, 1.165) is 5.56 Å². The number of methoxy groups -OCH3 is 1. The van der Waals surface area contributed by atoms with Gasteiger partial charge in [-0.3, -0.25) is 0 Å². The van der Waals surface area contributed by atoms with Crippen molar-refractivity contribution in [1.29, 1.82) is 0 Å². The largest absolute Gasteiger partial charge is 1.00 e. The number of esters is 1. The van der Waals surface area contributed by atoms with Gasteiger partial charge in [-0.1, -0.05) is 30.3 Å². The normalized spacial score (nSPS) is 11.0. The Morgan fingerprint density at radius 2 is 1.95 bits per heavy atom. The van der Waals surface area contributed by atoms with Crippen LogP contribution in [0, 0.1) is 0 Å². The van der Waals surface area contributed by atoms with E-state index in [0.29, 0.717) is 19.4 Å². The van der Waals surface area contributed by atoms with Gasteiger partial charge in [0.2, 0.25) is 0 Å². The zero-order valence-electron chi connectivity index (χ0n) is 12.0. The SMILES string of the molecule is COC(=O)[C@H]([NH3+])CCCNC(=O)OCc1ccccc1.[Cl-]. The summed E-state index contributed by atoms with van der Waals surface area (Å²) in [6, 6.07) is 9.05. The van der Waals surface area contributed by atoms with E-state index in [1.165, 1.54) is 7.11 Å². The summed E-state index contributed by atoms with van der Waals surface area (Å²) in [5.41, 5.74) is 4.62. The summed E-state index contributed by atoms with van der Waals surface area (Å²) in [7, 11) is 1.33. The number of benzene rings is 1. The second kappa shape index (κ2) is 10.9. The number of amides is 1. The number of hydrogen-bond acceptors (Lipinski definition) is 4. The molecule has 1 atom stereocenters. The van der Waals surface area contributed by atoms with Gasteiger partial charge in [-0.2, -0.15) is 0 Å². The van der Waals surface area contributed by atoms with Crippen LogP contribution < -0.4 is 23.5 Å². The topological polar surface area (TPSA) is 92.3 Å². The summed E-state index contributed by atoms with van der Waals surface area (Å²) in [4.78, 5) is 22.5. The maximum atomic E-state index is 11.4. The first-order valence-electron chi connectivity index (χ1n) is 6.49. The second-order valence-electron chi connectivity index (χ2n) is 4.35. The average Bonchev–Trinajstić information content (AvgIpc) is 2.49. The van der Waals surface area contributed by atoms with Crippen molar-refractivity contribution in [1.82, 2.24) is 5.32 Å². The molecule has 1 aromatic rings. The maximum absolute atomic E-state index is 11.4. The van der Waals surface area contributed by atoms with Crippen LogP contribution >= 0.6 is 0 Å². The smallest absolute Gasteiger partial charge is 0.407 e. The Morgan fingerprint density at radius 1 is 1.29 bits per heavy atom. The van der Waals surface area contributed by atoms with E-state index in [9.17, 15) is 9.59 Å². The van der Waals surface area contributed by atoms with Gasteiger partial charge >= 0.3 is 12.1 Å². The molecule has 0 saturated heterocycles. The molecular weight excluding hydrogens is 296 g/mol. The number of hydrogen-bond donors (Lipinski definition) is 2. The first-order valence-corrected chi connectivity index (χ1v) is 6.49. The van der Waals surface area contributed by atoms with Crippen LogP contribution in [0.5, 0.6) is 0 Å². The summed E-state index contributed by atoms with van der Waals surface area (Å²) in [6.45, 7) is 0.684. The van der Waals surface area contributed by atoms with Gasteiger partial charge in [0.25, 0.3) is 0 Å². The van der Waals surface area contributed by atoms with Crippen LogP contribution in [0.3, 0.4) is 0 Å². The zero-order chi connectivity index (χ0) is 14.8. The molecule has 0 fully saturated rings. The number of halogens is 1. The van der Waals surface area contributed by atoms with Gasteiger partial charge in [0.15, 0.2) is 6.04 Å². The molecule has 0 spiro atoms. The Kier molecular flexibility index (Phi) is 10.0. The van der Waals surface area contributed by atoms with E-state index in [4.69, 9.17) is 4.74 Å². The Bertz CT molecular complexity index is 428. The summed E-state index contributed by atoms with van der Waals surface area (Å²) in [5.74, 6) is -0.336. The van der Waals surface area contributed by atoms with Gasteiger partial charge in [-0.05, 0) is 12.0 Å². The lowest BCUT2D eigenvalue weighted by molar-refractivity contribution is -0.409. The first kappa shape index (κ1) is 19.2. The molecule has 0 heterocycles. The second-order valence-corrected chi connectivity index (χ2v) is 4.35. The minimum Gasteiger partial charge on any atom is -1.00 e. The van der Waals surface area contributed by atoms with Gasteiger partial charge in [-0.25, -0.2) is 9.59 Å². The van der Waals surface area contributed by atoms with Crippen molar-refractivity contribution in [2.24, 2.45) is 0 Å². The molecule has 1 amide bonds. The minimum atomic E-state index is -0.465. The van der Waals surface area contributed by atoms with Gasteiger partial charge in [-0.15, -0.1) is 0 Å². The highest BCUT2D eigenvalue weighted by atomic mass is 35.5. The highest BCUT2D eigenvalue weighted by Gasteiger charge is 2.16. The van der Waals surface area contributed by atoms with Crippen molar-refractivity contribution in [2.75, 3.05) is 13.7 Å². The Morgan fingerprint density at radius 3 is 2.57 bits per heavy atom. The number of carbonyl (C=O) groups excluding carboxylic acids is 2. The molecule has 0 saturated carbocycles. The molecule has 1 aromatic carbocycles. The van der Waals surface area contributed by atoms with E-state index in [1.807, 2.05) is 30.3 Å². The Balaban J connectivity index is 0.00000400. The van der Waals surface area contributed by atoms with E-state index >= 15 is 0 Å². The van der Waals surface area contributed by atoms with Crippen molar-refractivity contribution in [3.05, 3.63) is 35.9 Å². The van der Waals surface area contributed by atoms with Crippen molar-refractivity contribution in [3.8, 4) is 0 Å². The molecule has 4 N–H and O–H groups in total. The van der Waals surface area contributed by atoms with Crippen LogP contribution in [0.1, 0.15) is 18.4 Å². The van der Waals surface area contributed by atoms with E-state index in [2.05, 4.69) is 15.8 Å². The molecule has 7 heteroatoms. The highest BCUT2D eigenvalue weighted by Crippen LogP contribution is 2.00. The molecule has 0 aliphatic rings. The molecule has 0 aliphatic carbocycles. The molecule has 21 heavy (non-hydrogen) atoms. The highest BCUT2D eigenvalue weighted by molar-refractivity contribution is 5.73. The molecule has 0 bridgehead atoms. The predicted octanol–water partition coefficient (Wildman–Crippen LogP) is -2.52. The van der Waals surface area contributed by atoms with Crippen LogP contribution in [0.2, 0.25) is 0 Å². The van der Waals surface area contributed by atoms with E-state index in [-0.39, 0.29) is 25.0 Å². The number of ether oxygens (including phenoxy) is 2. The lowest BCUT2D eigenvalue weighted by Crippen LogP contribution is -3.00. The number of rotatable bonds is 7. The van der Waals surface area contributed by atoms with Gasteiger partial charge < -0.3 is 32.9 Å². The summed E-state index contributed by atoms with van der Waals surface area (Å²) in [6.07, 6.45) is 0.738. The molecule has 0 radical (unpaired) electrons. The standard InChI is InChI=1S/C14H20N2O4.ClH/c1-19-13(17)12(15)8-5-9-16-14(18)20-10-11-6-3-2-4-7-11;/h2-4,6-7,12H,5,8-10,15H2,1H3,(H,16,18);1H/t12-;/m1./s1. The van der Waals surface area contributed by atoms with Crippen LogP contribution in [0.15, 0.2) is 30.3 Å². The van der Waals surface area contributed by atoms with Gasteiger partial charge in [0.05, 0.1) is 7.11 Å². The minimum absolute atomic E-state index is 0. The quantitative estimate of drug-likeness (QED) is 0.429. The fraction of sp³-hybridized carbons (Fsp3) is 0.429.